The maximum Gasteiger partial charge on any atom is 0.431 e. The third kappa shape index (κ3) is 3.06. The lowest BCUT2D eigenvalue weighted by Crippen LogP contribution is -2.33. The highest BCUT2D eigenvalue weighted by Gasteiger charge is 2.43. The van der Waals surface area contributed by atoms with Gasteiger partial charge < -0.3 is 25.0 Å². The molecule has 1 aliphatic heterocycles. The van der Waals surface area contributed by atoms with E-state index in [9.17, 15) is 28.2 Å². The number of hydrogen-bond acceptors (Lipinski definition) is 7. The van der Waals surface area contributed by atoms with E-state index in [0.717, 1.165) is 10.8 Å². The van der Waals surface area contributed by atoms with Crippen molar-refractivity contribution in [3.8, 4) is 0 Å². The van der Waals surface area contributed by atoms with Gasteiger partial charge >= 0.3 is 6.18 Å². The molecule has 3 heterocycles. The zero-order valence-electron chi connectivity index (χ0n) is 12.3. The molecule has 0 bridgehead atoms. The zero-order chi connectivity index (χ0) is 18.5. The summed E-state index contributed by atoms with van der Waals surface area (Å²) < 4.78 is 44.3. The van der Waals surface area contributed by atoms with E-state index in [1.54, 1.807) is 0 Å². The third-order valence-electron chi connectivity index (χ3n) is 3.84. The molecule has 1 fully saturated rings. The van der Waals surface area contributed by atoms with Crippen molar-refractivity contribution < 1.29 is 33.2 Å². The molecule has 8 nitrogen and oxygen atoms in total. The van der Waals surface area contributed by atoms with Crippen molar-refractivity contribution in [3.05, 3.63) is 33.0 Å². The lowest BCUT2D eigenvalue weighted by Gasteiger charge is -2.18. The predicted molar refractivity (Wildman–Crippen MR) is 79.2 cm³/mol. The van der Waals surface area contributed by atoms with Crippen LogP contribution in [0, 0.1) is 4.77 Å². The molecule has 25 heavy (non-hydrogen) atoms. The van der Waals surface area contributed by atoms with Gasteiger partial charge in [-0.1, -0.05) is 0 Å². The third-order valence-corrected chi connectivity index (χ3v) is 4.14. The van der Waals surface area contributed by atoms with Crippen LogP contribution in [0.5, 0.6) is 0 Å². The number of fused-ring (bicyclic) bond motifs is 1. The Hall–Kier alpha value is -1.86. The zero-order valence-corrected chi connectivity index (χ0v) is 13.1. The van der Waals surface area contributed by atoms with Crippen LogP contribution in [-0.4, -0.2) is 54.8 Å². The number of aromatic nitrogens is 3. The lowest BCUT2D eigenvalue weighted by atomic mass is 10.1. The summed E-state index contributed by atoms with van der Waals surface area (Å²) in [4.78, 5) is 17.7. The fourth-order valence-corrected chi connectivity index (χ4v) is 2.81. The number of rotatable bonds is 2. The van der Waals surface area contributed by atoms with Gasteiger partial charge in [0.15, 0.2) is 11.7 Å². The monoisotopic (exact) mass is 379 g/mol. The molecule has 0 saturated carbocycles. The first-order chi connectivity index (χ1) is 11.6. The van der Waals surface area contributed by atoms with E-state index in [1.165, 1.54) is 0 Å². The van der Waals surface area contributed by atoms with Crippen LogP contribution >= 0.6 is 12.2 Å². The van der Waals surface area contributed by atoms with E-state index in [2.05, 4.69) is 4.98 Å². The summed E-state index contributed by atoms with van der Waals surface area (Å²) in [7, 11) is 0. The van der Waals surface area contributed by atoms with Gasteiger partial charge in [-0.3, -0.25) is 9.36 Å². The molecular formula is C13H12F3N3O5S. The van der Waals surface area contributed by atoms with Gasteiger partial charge in [0.05, 0.1) is 12.0 Å². The average Bonchev–Trinajstić information content (AvgIpc) is 2.81. The van der Waals surface area contributed by atoms with E-state index < -0.39 is 48.4 Å². The van der Waals surface area contributed by atoms with Crippen LogP contribution in [0.3, 0.4) is 0 Å². The van der Waals surface area contributed by atoms with Crippen molar-refractivity contribution in [1.29, 1.82) is 0 Å². The highest BCUT2D eigenvalue weighted by Crippen LogP contribution is 2.30. The Morgan fingerprint density at radius 1 is 1.36 bits per heavy atom. The number of aliphatic hydroxyl groups is 3. The number of ether oxygens (including phenoxy) is 1. The summed E-state index contributed by atoms with van der Waals surface area (Å²) in [5.41, 5.74) is -2.59. The fraction of sp³-hybridized carbons (Fsp3) is 0.462. The molecule has 4 atom stereocenters. The van der Waals surface area contributed by atoms with Crippen LogP contribution in [0.15, 0.2) is 17.1 Å². The maximum atomic E-state index is 12.8. The molecule has 0 aromatic carbocycles. The Morgan fingerprint density at radius 2 is 2.04 bits per heavy atom. The van der Waals surface area contributed by atoms with Gasteiger partial charge in [0.1, 0.15) is 29.7 Å². The molecule has 1 saturated heterocycles. The van der Waals surface area contributed by atoms with E-state index in [4.69, 9.17) is 22.1 Å². The molecule has 12 heteroatoms. The highest BCUT2D eigenvalue weighted by molar-refractivity contribution is 7.71. The normalized spacial score (nSPS) is 27.1. The number of aromatic amines is 1. The minimum Gasteiger partial charge on any atom is -0.394 e. The second-order valence-electron chi connectivity index (χ2n) is 5.47. The lowest BCUT2D eigenvalue weighted by molar-refractivity contribution is -0.141. The standard InChI is InChI=1S/C13H12F3N3O5S/c14-13(15,16)7-1-5(21)4-2-19(12(25)18-10(4)17-7)11-9(23)8(22)6(3-20)24-11/h1-2,6,8-9,11,20,22-23H,3H2,(H,17,18,25). The topological polar surface area (TPSA) is 121 Å². The molecule has 1 aliphatic rings. The van der Waals surface area contributed by atoms with Gasteiger partial charge in [-0.25, -0.2) is 4.98 Å². The Bertz CT molecular complexity index is 928. The van der Waals surface area contributed by atoms with E-state index in [-0.39, 0.29) is 15.8 Å². The molecule has 0 amide bonds. The summed E-state index contributed by atoms with van der Waals surface area (Å²) in [6.45, 7) is -0.571. The second kappa shape index (κ2) is 6.14. The van der Waals surface area contributed by atoms with Crippen LogP contribution in [0.25, 0.3) is 11.0 Å². The van der Waals surface area contributed by atoms with Crippen LogP contribution in [0.4, 0.5) is 13.2 Å². The molecule has 0 radical (unpaired) electrons. The second-order valence-corrected chi connectivity index (χ2v) is 5.83. The van der Waals surface area contributed by atoms with Crippen LogP contribution < -0.4 is 5.43 Å². The number of pyridine rings is 1. The fourth-order valence-electron chi connectivity index (χ4n) is 2.56. The van der Waals surface area contributed by atoms with Crippen molar-refractivity contribution in [2.45, 2.75) is 30.7 Å². The summed E-state index contributed by atoms with van der Waals surface area (Å²) in [6.07, 6.45) is -8.88. The number of H-pyrrole nitrogens is 1. The largest absolute Gasteiger partial charge is 0.431 e. The SMILES string of the molecule is O=c1cc(C(F)(F)F)[nH]c2nc(=S)n(C3OC(CO)C(O)C3O)cc12. The van der Waals surface area contributed by atoms with Gasteiger partial charge in [0, 0.05) is 12.3 Å². The van der Waals surface area contributed by atoms with E-state index in [0.29, 0.717) is 6.07 Å². The first-order valence-electron chi connectivity index (χ1n) is 6.99. The first-order valence-corrected chi connectivity index (χ1v) is 7.40. The van der Waals surface area contributed by atoms with Gasteiger partial charge in [-0.2, -0.15) is 13.2 Å². The number of aliphatic hydroxyl groups excluding tert-OH is 3. The Kier molecular flexibility index (Phi) is 4.41. The highest BCUT2D eigenvalue weighted by atomic mass is 32.1. The number of hydrogen-bond donors (Lipinski definition) is 4. The number of nitrogens with zero attached hydrogens (tertiary/aromatic N) is 2. The first kappa shape index (κ1) is 17.9. The number of nitrogens with one attached hydrogen (secondary N) is 1. The van der Waals surface area contributed by atoms with Gasteiger partial charge in [0.2, 0.25) is 4.77 Å². The quantitative estimate of drug-likeness (QED) is 0.546. The molecular weight excluding hydrogens is 367 g/mol. The van der Waals surface area contributed by atoms with E-state index >= 15 is 0 Å². The Morgan fingerprint density at radius 3 is 2.60 bits per heavy atom. The molecule has 0 aliphatic carbocycles. The number of alkyl halides is 3. The van der Waals surface area contributed by atoms with Crippen molar-refractivity contribution in [1.82, 2.24) is 14.5 Å². The summed E-state index contributed by atoms with van der Waals surface area (Å²) >= 11 is 4.98. The molecule has 136 valence electrons. The van der Waals surface area contributed by atoms with Crippen molar-refractivity contribution in [2.75, 3.05) is 6.61 Å². The van der Waals surface area contributed by atoms with Gasteiger partial charge in [-0.05, 0) is 12.2 Å². The molecule has 2 aromatic rings. The summed E-state index contributed by atoms with van der Waals surface area (Å²) in [5, 5.41) is 28.7. The molecule has 4 unspecified atom stereocenters. The van der Waals surface area contributed by atoms with Crippen LogP contribution in [0.1, 0.15) is 11.9 Å². The predicted octanol–water partition coefficient (Wildman–Crippen LogP) is 0.0844. The number of halogens is 3. The van der Waals surface area contributed by atoms with Crippen molar-refractivity contribution in [2.24, 2.45) is 0 Å². The smallest absolute Gasteiger partial charge is 0.394 e. The van der Waals surface area contributed by atoms with E-state index in [1.807, 2.05) is 4.98 Å². The van der Waals surface area contributed by atoms with Gasteiger partial charge in [0.25, 0.3) is 0 Å². The summed E-state index contributed by atoms with van der Waals surface area (Å²) in [6, 6.07) is 0.384. The Labute approximate surface area is 142 Å². The minimum atomic E-state index is -4.76. The summed E-state index contributed by atoms with van der Waals surface area (Å²) in [5.74, 6) is 0. The van der Waals surface area contributed by atoms with Gasteiger partial charge in [-0.15, -0.1) is 0 Å². The molecule has 4 N–H and O–H groups in total. The minimum absolute atomic E-state index is 0.209. The van der Waals surface area contributed by atoms with Crippen LogP contribution in [0.2, 0.25) is 0 Å². The van der Waals surface area contributed by atoms with Crippen LogP contribution in [-0.2, 0) is 10.9 Å². The van der Waals surface area contributed by atoms with Crippen molar-refractivity contribution >= 4 is 23.3 Å². The molecule has 0 spiro atoms. The molecule has 2 aromatic heterocycles. The van der Waals surface area contributed by atoms with Crippen molar-refractivity contribution in [3.63, 3.8) is 0 Å². The molecule has 3 rings (SSSR count). The average molecular weight is 379 g/mol. The maximum absolute atomic E-state index is 12.8. The Balaban J connectivity index is 2.14.